The molecule has 8 heteroatoms. The van der Waals surface area contributed by atoms with Crippen LogP contribution in [0.4, 0.5) is 4.39 Å². The minimum atomic E-state index is -1.00. The van der Waals surface area contributed by atoms with E-state index in [1.54, 1.807) is 13.0 Å². The normalized spacial score (nSPS) is 28.2. The molecule has 4 atom stereocenters. The third-order valence-corrected chi connectivity index (χ3v) is 4.89. The smallest absolute Gasteiger partial charge is 0.323 e. The lowest BCUT2D eigenvalue weighted by Gasteiger charge is -2.21. The van der Waals surface area contributed by atoms with Gasteiger partial charge in [0.05, 0.1) is 26.1 Å². The largest absolute Gasteiger partial charge is 0.494 e. The van der Waals surface area contributed by atoms with Gasteiger partial charge in [0.2, 0.25) is 11.8 Å². The second-order valence-corrected chi connectivity index (χ2v) is 5.98. The number of carbonyl (C=O) groups is 3. The van der Waals surface area contributed by atoms with Crippen LogP contribution in [0.25, 0.3) is 0 Å². The van der Waals surface area contributed by atoms with Gasteiger partial charge < -0.3 is 9.47 Å². The molecule has 2 heterocycles. The quantitative estimate of drug-likeness (QED) is 0.634. The van der Waals surface area contributed by atoms with Crippen molar-refractivity contribution in [2.45, 2.75) is 19.0 Å². The van der Waals surface area contributed by atoms with Crippen LogP contribution < -0.4 is 10.1 Å². The Balaban J connectivity index is 2.08. The number of rotatable bonds is 4. The van der Waals surface area contributed by atoms with Crippen molar-refractivity contribution in [2.24, 2.45) is 11.8 Å². The van der Waals surface area contributed by atoms with Crippen LogP contribution in [0.2, 0.25) is 0 Å². The SMILES string of the molecule is CCN1C(=O)[C@@H]2[C@H](C1=O)[C@H](C(=O)OC)N[C@@H]2c1cccc(OC)c1F. The number of likely N-dealkylation sites (tertiary alicyclic amines) is 1. The van der Waals surface area contributed by atoms with Crippen LogP contribution in [-0.4, -0.2) is 49.5 Å². The van der Waals surface area contributed by atoms with Gasteiger partial charge in [-0.1, -0.05) is 12.1 Å². The number of benzene rings is 1. The average molecular weight is 350 g/mol. The van der Waals surface area contributed by atoms with Crippen LogP contribution in [0.1, 0.15) is 18.5 Å². The van der Waals surface area contributed by atoms with Crippen molar-refractivity contribution in [1.29, 1.82) is 0 Å². The molecule has 1 N–H and O–H groups in total. The number of halogens is 1. The van der Waals surface area contributed by atoms with Gasteiger partial charge >= 0.3 is 5.97 Å². The number of nitrogens with one attached hydrogen (secondary N) is 1. The van der Waals surface area contributed by atoms with Crippen molar-refractivity contribution in [2.75, 3.05) is 20.8 Å². The number of methoxy groups -OCH3 is 2. The van der Waals surface area contributed by atoms with Gasteiger partial charge in [-0.2, -0.15) is 0 Å². The van der Waals surface area contributed by atoms with E-state index < -0.39 is 47.5 Å². The maximum Gasteiger partial charge on any atom is 0.323 e. The Hall–Kier alpha value is -2.48. The predicted octanol–water partition coefficient (Wildman–Crippen LogP) is 0.641. The van der Waals surface area contributed by atoms with Gasteiger partial charge in [0.1, 0.15) is 6.04 Å². The standard InChI is InChI=1S/C17H19FN2O5/c1-4-20-15(21)10-11(16(20)22)14(17(23)25-3)19-13(10)8-6-5-7-9(24-2)12(8)18/h5-7,10-11,13-14,19H,4H2,1-3H3/t10-,11+,13-,14-/m1/s1. The molecule has 1 aromatic carbocycles. The lowest BCUT2D eigenvalue weighted by molar-refractivity contribution is -0.148. The lowest BCUT2D eigenvalue weighted by atomic mass is 9.86. The van der Waals surface area contributed by atoms with Crippen molar-refractivity contribution < 1.29 is 28.2 Å². The van der Waals surface area contributed by atoms with Gasteiger partial charge in [-0.25, -0.2) is 4.39 Å². The second-order valence-electron chi connectivity index (χ2n) is 5.98. The highest BCUT2D eigenvalue weighted by molar-refractivity contribution is 6.08. The number of fused-ring (bicyclic) bond motifs is 1. The van der Waals surface area contributed by atoms with E-state index in [-0.39, 0.29) is 17.9 Å². The summed E-state index contributed by atoms with van der Waals surface area (Å²) in [6, 6.07) is 2.75. The van der Waals surface area contributed by atoms with Crippen molar-refractivity contribution in [1.82, 2.24) is 10.2 Å². The van der Waals surface area contributed by atoms with E-state index in [9.17, 15) is 18.8 Å². The minimum Gasteiger partial charge on any atom is -0.494 e. The molecule has 25 heavy (non-hydrogen) atoms. The summed E-state index contributed by atoms with van der Waals surface area (Å²) in [5.74, 6) is -3.87. The summed E-state index contributed by atoms with van der Waals surface area (Å²) in [4.78, 5) is 38.5. The fraction of sp³-hybridized carbons (Fsp3) is 0.471. The van der Waals surface area contributed by atoms with Crippen LogP contribution in [0.3, 0.4) is 0 Å². The zero-order valence-corrected chi connectivity index (χ0v) is 14.1. The number of hydrogen-bond donors (Lipinski definition) is 1. The van der Waals surface area contributed by atoms with Crippen LogP contribution in [0, 0.1) is 17.7 Å². The van der Waals surface area contributed by atoms with E-state index in [2.05, 4.69) is 5.32 Å². The number of hydrogen-bond acceptors (Lipinski definition) is 6. The molecule has 2 aliphatic heterocycles. The molecule has 0 aliphatic carbocycles. The number of nitrogens with zero attached hydrogens (tertiary/aromatic N) is 1. The van der Waals surface area contributed by atoms with Crippen molar-refractivity contribution in [3.05, 3.63) is 29.6 Å². The summed E-state index contributed by atoms with van der Waals surface area (Å²) >= 11 is 0. The second kappa shape index (κ2) is 6.44. The number of carbonyl (C=O) groups excluding carboxylic acids is 3. The van der Waals surface area contributed by atoms with E-state index in [4.69, 9.17) is 9.47 Å². The van der Waals surface area contributed by atoms with E-state index in [0.29, 0.717) is 0 Å². The number of imide groups is 1. The summed E-state index contributed by atoms with van der Waals surface area (Å²) < 4.78 is 24.4. The summed E-state index contributed by atoms with van der Waals surface area (Å²) in [5, 5.41) is 2.92. The van der Waals surface area contributed by atoms with Gasteiger partial charge in [-0.05, 0) is 13.0 Å². The molecule has 134 valence electrons. The summed E-state index contributed by atoms with van der Waals surface area (Å²) in [6.07, 6.45) is 0. The third-order valence-electron chi connectivity index (χ3n) is 4.89. The molecular weight excluding hydrogens is 331 g/mol. The van der Waals surface area contributed by atoms with Crippen LogP contribution >= 0.6 is 0 Å². The highest BCUT2D eigenvalue weighted by Crippen LogP contribution is 2.45. The predicted molar refractivity (Wildman–Crippen MR) is 84.0 cm³/mol. The Bertz CT molecular complexity index is 738. The molecule has 7 nitrogen and oxygen atoms in total. The van der Waals surface area contributed by atoms with Gasteiger partial charge in [0, 0.05) is 18.2 Å². The molecule has 0 aromatic heterocycles. The maximum absolute atomic E-state index is 14.7. The molecule has 2 amide bonds. The summed E-state index contributed by atoms with van der Waals surface area (Å²) in [6.45, 7) is 1.88. The van der Waals surface area contributed by atoms with Crippen LogP contribution in [0.15, 0.2) is 18.2 Å². The molecule has 3 rings (SSSR count). The first-order chi connectivity index (χ1) is 12.0. The van der Waals surface area contributed by atoms with Gasteiger partial charge in [0.15, 0.2) is 11.6 Å². The number of esters is 1. The first-order valence-electron chi connectivity index (χ1n) is 7.97. The Labute approximate surface area is 144 Å². The topological polar surface area (TPSA) is 84.9 Å². The minimum absolute atomic E-state index is 0.0292. The molecular formula is C17H19FN2O5. The molecule has 0 spiro atoms. The van der Waals surface area contributed by atoms with Gasteiger partial charge in [-0.3, -0.25) is 24.6 Å². The van der Waals surface area contributed by atoms with Crippen molar-refractivity contribution in [3.8, 4) is 5.75 Å². The molecule has 0 unspecified atom stereocenters. The van der Waals surface area contributed by atoms with E-state index >= 15 is 0 Å². The molecule has 0 bridgehead atoms. The molecule has 2 aliphatic rings. The average Bonchev–Trinajstić information content (AvgIpc) is 3.12. The fourth-order valence-corrected chi connectivity index (χ4v) is 3.74. The van der Waals surface area contributed by atoms with Crippen LogP contribution in [-0.2, 0) is 19.1 Å². The van der Waals surface area contributed by atoms with Crippen LogP contribution in [0.5, 0.6) is 5.75 Å². The van der Waals surface area contributed by atoms with Crippen molar-refractivity contribution >= 4 is 17.8 Å². The summed E-state index contributed by atoms with van der Waals surface area (Å²) in [5.41, 5.74) is 0.180. The van der Waals surface area contributed by atoms with Gasteiger partial charge in [0.25, 0.3) is 0 Å². The molecule has 0 saturated carbocycles. The molecule has 2 fully saturated rings. The van der Waals surface area contributed by atoms with E-state index in [1.165, 1.54) is 26.4 Å². The lowest BCUT2D eigenvalue weighted by Crippen LogP contribution is -2.43. The van der Waals surface area contributed by atoms with Crippen molar-refractivity contribution in [3.63, 3.8) is 0 Å². The highest BCUT2D eigenvalue weighted by Gasteiger charge is 2.61. The molecule has 2 saturated heterocycles. The first-order valence-corrected chi connectivity index (χ1v) is 7.97. The zero-order valence-electron chi connectivity index (χ0n) is 14.1. The zero-order chi connectivity index (χ0) is 18.3. The Kier molecular flexibility index (Phi) is 4.47. The van der Waals surface area contributed by atoms with Gasteiger partial charge in [-0.15, -0.1) is 0 Å². The highest BCUT2D eigenvalue weighted by atomic mass is 19.1. The van der Waals surface area contributed by atoms with E-state index in [0.717, 1.165) is 4.90 Å². The fourth-order valence-electron chi connectivity index (χ4n) is 3.74. The molecule has 1 aromatic rings. The number of ether oxygens (including phenoxy) is 2. The molecule has 0 radical (unpaired) electrons. The first kappa shape index (κ1) is 17.3. The third kappa shape index (κ3) is 2.48. The number of amides is 2. The Morgan fingerprint density at radius 3 is 2.52 bits per heavy atom. The maximum atomic E-state index is 14.7. The Morgan fingerprint density at radius 1 is 1.24 bits per heavy atom. The summed E-state index contributed by atoms with van der Waals surface area (Å²) in [7, 11) is 2.55. The monoisotopic (exact) mass is 350 g/mol. The van der Waals surface area contributed by atoms with E-state index in [1.807, 2.05) is 0 Å². The Morgan fingerprint density at radius 2 is 1.92 bits per heavy atom.